The van der Waals surface area contributed by atoms with Gasteiger partial charge in [0.05, 0.1) is 17.9 Å². The van der Waals surface area contributed by atoms with Crippen molar-refractivity contribution >= 4 is 5.91 Å². The van der Waals surface area contributed by atoms with Crippen LogP contribution in [0.1, 0.15) is 49.0 Å². The van der Waals surface area contributed by atoms with Gasteiger partial charge in [-0.2, -0.15) is 15.4 Å². The predicted molar refractivity (Wildman–Crippen MR) is 84.1 cm³/mol. The Bertz CT molecular complexity index is 623. The van der Waals surface area contributed by atoms with Gasteiger partial charge in [0.2, 0.25) is 5.91 Å². The highest BCUT2D eigenvalue weighted by atomic mass is 16.1. The van der Waals surface area contributed by atoms with Gasteiger partial charge in [0.1, 0.15) is 0 Å². The highest BCUT2D eigenvalue weighted by Crippen LogP contribution is 2.35. The molecule has 0 radical (unpaired) electrons. The minimum atomic E-state index is 0.147. The van der Waals surface area contributed by atoms with Gasteiger partial charge >= 0.3 is 0 Å². The molecule has 0 unspecified atom stereocenters. The standard InChI is InChI=1S/C17H22N4O/c1-12-10-13-6-2-4-8-15(13)17(12)19-16(22)9-5-3-7-14-11-18-21-20-14/h2,4,6,8,11-12,17H,3,5,7,9-10H2,1H3,(H,19,22)(H,18,20,21)/t12-,17-/m1/s1. The maximum absolute atomic E-state index is 12.2. The summed E-state index contributed by atoms with van der Waals surface area (Å²) in [6, 6.07) is 8.58. The third kappa shape index (κ3) is 3.35. The van der Waals surface area contributed by atoms with Crippen LogP contribution in [0, 0.1) is 5.92 Å². The van der Waals surface area contributed by atoms with Crippen LogP contribution < -0.4 is 5.32 Å². The summed E-state index contributed by atoms with van der Waals surface area (Å²) in [5.41, 5.74) is 3.61. The monoisotopic (exact) mass is 298 g/mol. The van der Waals surface area contributed by atoms with Crippen LogP contribution in [0.5, 0.6) is 0 Å². The molecule has 0 aliphatic heterocycles. The van der Waals surface area contributed by atoms with Crippen molar-refractivity contribution < 1.29 is 4.79 Å². The van der Waals surface area contributed by atoms with Crippen molar-refractivity contribution in [3.05, 3.63) is 47.3 Å². The van der Waals surface area contributed by atoms with E-state index in [2.05, 4.69) is 45.9 Å². The summed E-state index contributed by atoms with van der Waals surface area (Å²) in [4.78, 5) is 12.2. The van der Waals surface area contributed by atoms with E-state index in [1.807, 2.05) is 6.07 Å². The summed E-state index contributed by atoms with van der Waals surface area (Å²) in [7, 11) is 0. The number of carbonyl (C=O) groups excluding carboxylic acids is 1. The van der Waals surface area contributed by atoms with Gasteiger partial charge in [-0.25, -0.2) is 0 Å². The normalized spacial score (nSPS) is 19.9. The Morgan fingerprint density at radius 2 is 2.23 bits per heavy atom. The van der Waals surface area contributed by atoms with E-state index < -0.39 is 0 Å². The second-order valence-corrected chi connectivity index (χ2v) is 6.09. The smallest absolute Gasteiger partial charge is 0.220 e. The lowest BCUT2D eigenvalue weighted by atomic mass is 10.0. The number of benzene rings is 1. The van der Waals surface area contributed by atoms with E-state index in [-0.39, 0.29) is 11.9 Å². The third-order valence-corrected chi connectivity index (χ3v) is 4.37. The van der Waals surface area contributed by atoms with Crippen molar-refractivity contribution in [1.82, 2.24) is 20.7 Å². The molecule has 1 aliphatic rings. The maximum atomic E-state index is 12.2. The van der Waals surface area contributed by atoms with Gasteiger partial charge in [0.25, 0.3) is 0 Å². The van der Waals surface area contributed by atoms with E-state index in [1.165, 1.54) is 11.1 Å². The lowest BCUT2D eigenvalue weighted by Crippen LogP contribution is -2.30. The number of H-pyrrole nitrogens is 1. The SMILES string of the molecule is C[C@@H]1Cc2ccccc2[C@@H]1NC(=O)CCCCc1cn[nH]n1. The minimum Gasteiger partial charge on any atom is -0.349 e. The van der Waals surface area contributed by atoms with Crippen molar-refractivity contribution in [2.75, 3.05) is 0 Å². The van der Waals surface area contributed by atoms with E-state index in [0.29, 0.717) is 12.3 Å². The summed E-state index contributed by atoms with van der Waals surface area (Å²) in [6.07, 6.45) is 6.05. The molecule has 0 saturated carbocycles. The molecule has 2 aromatic rings. The highest BCUT2D eigenvalue weighted by molar-refractivity contribution is 5.76. The zero-order chi connectivity index (χ0) is 15.4. The van der Waals surface area contributed by atoms with Crippen LogP contribution in [0.2, 0.25) is 0 Å². The topological polar surface area (TPSA) is 70.7 Å². The Kier molecular flexibility index (Phi) is 4.51. The number of aromatic nitrogens is 3. The van der Waals surface area contributed by atoms with E-state index in [4.69, 9.17) is 0 Å². The van der Waals surface area contributed by atoms with Crippen LogP contribution in [0.4, 0.5) is 0 Å². The summed E-state index contributed by atoms with van der Waals surface area (Å²) in [5, 5.41) is 13.6. The minimum absolute atomic E-state index is 0.147. The molecule has 1 aromatic carbocycles. The fourth-order valence-corrected chi connectivity index (χ4v) is 3.20. The Balaban J connectivity index is 1.46. The number of aryl methyl sites for hydroxylation is 1. The molecular weight excluding hydrogens is 276 g/mol. The van der Waals surface area contributed by atoms with Crippen LogP contribution in [0.3, 0.4) is 0 Å². The van der Waals surface area contributed by atoms with E-state index >= 15 is 0 Å². The van der Waals surface area contributed by atoms with Gasteiger partial charge in [0, 0.05) is 6.42 Å². The van der Waals surface area contributed by atoms with Crippen LogP contribution in [-0.2, 0) is 17.6 Å². The van der Waals surface area contributed by atoms with Gasteiger partial charge in [-0.3, -0.25) is 4.79 Å². The molecular formula is C17H22N4O. The zero-order valence-corrected chi connectivity index (χ0v) is 12.9. The first-order valence-corrected chi connectivity index (χ1v) is 7.96. The number of unbranched alkanes of at least 4 members (excludes halogenated alkanes) is 1. The first-order chi connectivity index (χ1) is 10.7. The number of carbonyl (C=O) groups is 1. The van der Waals surface area contributed by atoms with Crippen molar-refractivity contribution in [2.24, 2.45) is 5.92 Å². The molecule has 2 atom stereocenters. The molecule has 1 aliphatic carbocycles. The van der Waals surface area contributed by atoms with Crippen molar-refractivity contribution in [1.29, 1.82) is 0 Å². The second-order valence-electron chi connectivity index (χ2n) is 6.09. The number of amides is 1. The number of hydrogen-bond acceptors (Lipinski definition) is 3. The second kappa shape index (κ2) is 6.73. The summed E-state index contributed by atoms with van der Waals surface area (Å²) in [6.45, 7) is 2.20. The van der Waals surface area contributed by atoms with Gasteiger partial charge in [0.15, 0.2) is 0 Å². The molecule has 1 heterocycles. The zero-order valence-electron chi connectivity index (χ0n) is 12.9. The first kappa shape index (κ1) is 14.8. The molecule has 22 heavy (non-hydrogen) atoms. The summed E-state index contributed by atoms with van der Waals surface area (Å²) in [5.74, 6) is 0.616. The van der Waals surface area contributed by atoms with Crippen LogP contribution in [0.25, 0.3) is 0 Å². The molecule has 116 valence electrons. The van der Waals surface area contributed by atoms with Gasteiger partial charge < -0.3 is 5.32 Å². The van der Waals surface area contributed by atoms with Gasteiger partial charge in [-0.05, 0) is 42.7 Å². The van der Waals surface area contributed by atoms with Crippen LogP contribution >= 0.6 is 0 Å². The molecule has 1 aromatic heterocycles. The Morgan fingerprint density at radius 3 is 3.05 bits per heavy atom. The highest BCUT2D eigenvalue weighted by Gasteiger charge is 2.29. The molecule has 2 N–H and O–H groups in total. The Labute approximate surface area is 130 Å². The van der Waals surface area contributed by atoms with Crippen LogP contribution in [0.15, 0.2) is 30.5 Å². The first-order valence-electron chi connectivity index (χ1n) is 7.96. The lowest BCUT2D eigenvalue weighted by molar-refractivity contribution is -0.122. The van der Waals surface area contributed by atoms with Crippen molar-refractivity contribution in [2.45, 2.75) is 45.1 Å². The fraction of sp³-hybridized carbons (Fsp3) is 0.471. The fourth-order valence-electron chi connectivity index (χ4n) is 3.20. The Hall–Kier alpha value is -2.17. The predicted octanol–water partition coefficient (Wildman–Crippen LogP) is 2.57. The molecule has 3 rings (SSSR count). The molecule has 0 fully saturated rings. The largest absolute Gasteiger partial charge is 0.349 e. The van der Waals surface area contributed by atoms with Gasteiger partial charge in [-0.15, -0.1) is 0 Å². The number of fused-ring (bicyclic) bond motifs is 1. The number of rotatable bonds is 6. The number of aromatic amines is 1. The average Bonchev–Trinajstić information content (AvgIpc) is 3.13. The third-order valence-electron chi connectivity index (χ3n) is 4.37. The maximum Gasteiger partial charge on any atom is 0.220 e. The molecule has 0 bridgehead atoms. The van der Waals surface area contributed by atoms with Crippen LogP contribution in [-0.4, -0.2) is 21.3 Å². The number of nitrogens with zero attached hydrogens (tertiary/aromatic N) is 2. The number of nitrogens with one attached hydrogen (secondary N) is 2. The van der Waals surface area contributed by atoms with Gasteiger partial charge in [-0.1, -0.05) is 31.2 Å². The Morgan fingerprint density at radius 1 is 1.36 bits per heavy atom. The summed E-state index contributed by atoms with van der Waals surface area (Å²) < 4.78 is 0. The lowest BCUT2D eigenvalue weighted by Gasteiger charge is -2.18. The van der Waals surface area contributed by atoms with E-state index in [1.54, 1.807) is 6.20 Å². The molecule has 0 saturated heterocycles. The number of hydrogen-bond donors (Lipinski definition) is 2. The van der Waals surface area contributed by atoms with Crippen molar-refractivity contribution in [3.63, 3.8) is 0 Å². The summed E-state index contributed by atoms with van der Waals surface area (Å²) >= 11 is 0. The average molecular weight is 298 g/mol. The molecule has 0 spiro atoms. The molecule has 1 amide bonds. The van der Waals surface area contributed by atoms with E-state index in [9.17, 15) is 4.79 Å². The quantitative estimate of drug-likeness (QED) is 0.805. The molecule has 5 nitrogen and oxygen atoms in total. The van der Waals surface area contributed by atoms with Crippen molar-refractivity contribution in [3.8, 4) is 0 Å². The van der Waals surface area contributed by atoms with E-state index in [0.717, 1.165) is 31.4 Å². The molecule has 5 heteroatoms.